The fourth-order valence-corrected chi connectivity index (χ4v) is 2.22. The molecule has 2 aromatic rings. The van der Waals surface area contributed by atoms with Crippen LogP contribution in [0.2, 0.25) is 0 Å². The molecule has 122 valence electrons. The summed E-state index contributed by atoms with van der Waals surface area (Å²) in [6, 6.07) is 0. The van der Waals surface area contributed by atoms with Crippen LogP contribution in [0.15, 0.2) is 15.0 Å². The minimum absolute atomic E-state index is 0.252. The van der Waals surface area contributed by atoms with Crippen LogP contribution >= 0.6 is 0 Å². The van der Waals surface area contributed by atoms with Crippen molar-refractivity contribution >= 4 is 0 Å². The third-order valence-corrected chi connectivity index (χ3v) is 3.94. The molecule has 0 aliphatic rings. The third-order valence-electron chi connectivity index (χ3n) is 3.94. The van der Waals surface area contributed by atoms with E-state index < -0.39 is 0 Å². The van der Waals surface area contributed by atoms with Crippen molar-refractivity contribution < 1.29 is 8.83 Å². The Bertz CT molecular complexity index is 534. The van der Waals surface area contributed by atoms with Gasteiger partial charge in [-0.15, -0.1) is 10.2 Å². The van der Waals surface area contributed by atoms with Gasteiger partial charge in [-0.2, -0.15) is 0 Å². The molecule has 0 aromatic carbocycles. The van der Waals surface area contributed by atoms with E-state index in [0.29, 0.717) is 17.7 Å². The van der Waals surface area contributed by atoms with E-state index in [1.54, 1.807) is 0 Å². The molecule has 5 nitrogen and oxygen atoms in total. The topological polar surface area (TPSA) is 65.0 Å². The molecular formula is C17H27N3O2. The average molecular weight is 305 g/mol. The van der Waals surface area contributed by atoms with E-state index >= 15 is 0 Å². The van der Waals surface area contributed by atoms with E-state index in [0.717, 1.165) is 30.4 Å². The maximum absolute atomic E-state index is 5.82. The fraction of sp³-hybridized carbons (Fsp3) is 0.706. The van der Waals surface area contributed by atoms with Gasteiger partial charge in [0.1, 0.15) is 5.76 Å². The number of hydrogen-bond donors (Lipinski definition) is 0. The first-order valence-electron chi connectivity index (χ1n) is 8.17. The van der Waals surface area contributed by atoms with Crippen molar-refractivity contribution in [2.24, 2.45) is 0 Å². The first-order valence-corrected chi connectivity index (χ1v) is 8.17. The van der Waals surface area contributed by atoms with E-state index in [1.165, 1.54) is 0 Å². The van der Waals surface area contributed by atoms with Crippen LogP contribution in [0.3, 0.4) is 0 Å². The summed E-state index contributed by atoms with van der Waals surface area (Å²) in [5.41, 5.74) is 0. The van der Waals surface area contributed by atoms with Gasteiger partial charge in [0.05, 0.1) is 6.20 Å². The molecule has 2 atom stereocenters. The van der Waals surface area contributed by atoms with E-state index in [2.05, 4.69) is 56.7 Å². The van der Waals surface area contributed by atoms with Gasteiger partial charge in [0.2, 0.25) is 11.8 Å². The standard InChI is InChI=1S/C17H27N3O2/c1-10(2)14-9-18-16(21-14)12(5)7-8-13(6)17-20-19-15(22-17)11(3)4/h9-13H,7-8H2,1-6H3. The highest BCUT2D eigenvalue weighted by Gasteiger charge is 2.19. The van der Waals surface area contributed by atoms with Crippen molar-refractivity contribution in [2.75, 3.05) is 0 Å². The Morgan fingerprint density at radius 3 is 1.86 bits per heavy atom. The largest absolute Gasteiger partial charge is 0.445 e. The van der Waals surface area contributed by atoms with E-state index in [9.17, 15) is 0 Å². The monoisotopic (exact) mass is 305 g/mol. The highest BCUT2D eigenvalue weighted by molar-refractivity contribution is 5.02. The lowest BCUT2D eigenvalue weighted by Gasteiger charge is -2.10. The van der Waals surface area contributed by atoms with Gasteiger partial charge in [-0.05, 0) is 12.8 Å². The number of rotatable bonds is 7. The highest BCUT2D eigenvalue weighted by Crippen LogP contribution is 2.28. The van der Waals surface area contributed by atoms with Crippen LogP contribution in [0.25, 0.3) is 0 Å². The zero-order valence-electron chi connectivity index (χ0n) is 14.5. The molecule has 5 heteroatoms. The maximum Gasteiger partial charge on any atom is 0.219 e. The maximum atomic E-state index is 5.82. The molecular weight excluding hydrogens is 278 g/mol. The SMILES string of the molecule is CC(C)c1cnc(C(C)CCC(C)c2nnc(C(C)C)o2)o1. The van der Waals surface area contributed by atoms with Crippen molar-refractivity contribution in [1.29, 1.82) is 0 Å². The molecule has 0 saturated carbocycles. The van der Waals surface area contributed by atoms with Gasteiger partial charge in [-0.1, -0.05) is 41.5 Å². The molecule has 2 unspecified atom stereocenters. The summed E-state index contributed by atoms with van der Waals surface area (Å²) in [6.07, 6.45) is 3.80. The first kappa shape index (κ1) is 16.7. The molecule has 2 aromatic heterocycles. The van der Waals surface area contributed by atoms with Gasteiger partial charge < -0.3 is 8.83 Å². The molecule has 0 aliphatic heterocycles. The Hall–Kier alpha value is -1.65. The lowest BCUT2D eigenvalue weighted by molar-refractivity contribution is 0.374. The lowest BCUT2D eigenvalue weighted by atomic mass is 9.98. The van der Waals surface area contributed by atoms with Gasteiger partial charge in [0, 0.05) is 23.7 Å². The van der Waals surface area contributed by atoms with Crippen LogP contribution in [-0.2, 0) is 0 Å². The molecule has 0 aliphatic carbocycles. The number of oxazole rings is 1. The molecule has 0 bridgehead atoms. The third kappa shape index (κ3) is 3.96. The van der Waals surface area contributed by atoms with Crippen molar-refractivity contribution in [3.8, 4) is 0 Å². The Labute approximate surface area is 132 Å². The minimum Gasteiger partial charge on any atom is -0.445 e. The molecule has 0 spiro atoms. The second kappa shape index (κ2) is 7.07. The average Bonchev–Trinajstić information content (AvgIpc) is 3.12. The zero-order valence-corrected chi connectivity index (χ0v) is 14.5. The van der Waals surface area contributed by atoms with Gasteiger partial charge >= 0.3 is 0 Å². The second-order valence-corrected chi connectivity index (χ2v) is 6.77. The molecule has 22 heavy (non-hydrogen) atoms. The number of aromatic nitrogens is 3. The molecule has 0 N–H and O–H groups in total. The van der Waals surface area contributed by atoms with Crippen LogP contribution < -0.4 is 0 Å². The lowest BCUT2D eigenvalue weighted by Crippen LogP contribution is -1.99. The summed E-state index contributed by atoms with van der Waals surface area (Å²) >= 11 is 0. The summed E-state index contributed by atoms with van der Waals surface area (Å²) in [6.45, 7) is 12.6. The summed E-state index contributed by atoms with van der Waals surface area (Å²) in [5.74, 6) is 4.41. The van der Waals surface area contributed by atoms with Crippen molar-refractivity contribution in [2.45, 2.75) is 78.1 Å². The van der Waals surface area contributed by atoms with Crippen LogP contribution in [0.5, 0.6) is 0 Å². The molecule has 2 rings (SSSR count). The summed E-state index contributed by atoms with van der Waals surface area (Å²) in [5, 5.41) is 8.26. The second-order valence-electron chi connectivity index (χ2n) is 6.77. The number of nitrogens with zero attached hydrogens (tertiary/aromatic N) is 3. The Kier molecular flexibility index (Phi) is 5.37. The van der Waals surface area contributed by atoms with Crippen LogP contribution in [0.4, 0.5) is 0 Å². The normalized spacial score (nSPS) is 14.7. The predicted octanol–water partition coefficient (Wildman–Crippen LogP) is 4.99. The zero-order chi connectivity index (χ0) is 16.3. The Morgan fingerprint density at radius 1 is 0.773 bits per heavy atom. The molecule has 0 fully saturated rings. The summed E-state index contributed by atoms with van der Waals surface area (Å²) < 4.78 is 11.5. The van der Waals surface area contributed by atoms with Gasteiger partial charge in [0.15, 0.2) is 5.89 Å². The van der Waals surface area contributed by atoms with Crippen LogP contribution in [0, 0.1) is 0 Å². The summed E-state index contributed by atoms with van der Waals surface area (Å²) in [4.78, 5) is 4.40. The Balaban J connectivity index is 1.90. The fourth-order valence-electron chi connectivity index (χ4n) is 2.22. The smallest absolute Gasteiger partial charge is 0.219 e. The van der Waals surface area contributed by atoms with Gasteiger partial charge in [-0.25, -0.2) is 4.98 Å². The minimum atomic E-state index is 0.252. The van der Waals surface area contributed by atoms with Crippen molar-refractivity contribution in [3.63, 3.8) is 0 Å². The van der Waals surface area contributed by atoms with Crippen molar-refractivity contribution in [1.82, 2.24) is 15.2 Å². The van der Waals surface area contributed by atoms with Crippen LogP contribution in [-0.4, -0.2) is 15.2 Å². The van der Waals surface area contributed by atoms with Crippen molar-refractivity contribution in [3.05, 3.63) is 29.6 Å². The Morgan fingerprint density at radius 2 is 1.36 bits per heavy atom. The first-order chi connectivity index (χ1) is 10.4. The number of hydrogen-bond acceptors (Lipinski definition) is 5. The molecule has 0 saturated heterocycles. The van der Waals surface area contributed by atoms with Gasteiger partial charge in [0.25, 0.3) is 0 Å². The van der Waals surface area contributed by atoms with Crippen LogP contribution in [0.1, 0.15) is 101 Å². The molecule has 0 radical (unpaired) electrons. The molecule has 2 heterocycles. The van der Waals surface area contributed by atoms with Gasteiger partial charge in [-0.3, -0.25) is 0 Å². The highest BCUT2D eigenvalue weighted by atomic mass is 16.4. The summed E-state index contributed by atoms with van der Waals surface area (Å²) in [7, 11) is 0. The quantitative estimate of drug-likeness (QED) is 0.720. The van der Waals surface area contributed by atoms with E-state index in [-0.39, 0.29) is 11.8 Å². The molecule has 0 amide bonds. The van der Waals surface area contributed by atoms with E-state index in [4.69, 9.17) is 8.83 Å². The predicted molar refractivity (Wildman–Crippen MR) is 85.0 cm³/mol. The van der Waals surface area contributed by atoms with E-state index in [1.807, 2.05) is 6.20 Å².